The molecule has 7 nitrogen and oxygen atoms in total. The first kappa shape index (κ1) is 21.7. The lowest BCUT2D eigenvalue weighted by atomic mass is 9.97. The van der Waals surface area contributed by atoms with E-state index >= 15 is 0 Å². The van der Waals surface area contributed by atoms with Crippen molar-refractivity contribution < 1.29 is 9.53 Å². The minimum absolute atomic E-state index is 0.149. The van der Waals surface area contributed by atoms with Crippen LogP contribution in [0.5, 0.6) is 0 Å². The monoisotopic (exact) mass is 461 g/mol. The van der Waals surface area contributed by atoms with Gasteiger partial charge in [0.15, 0.2) is 0 Å². The van der Waals surface area contributed by atoms with Gasteiger partial charge in [-0.1, -0.05) is 29.3 Å². The number of rotatable bonds is 3. The Hall–Kier alpha value is -2.51. The standard InChI is InChI=1S/C22H25Cl2N5O2/c1-22(2,3)31-21(30)29-8-5-13(6-9-29)17-12-15-16(4-7-25-20(15)27-17)26-14-10-18(23)28-19(24)11-14/h4-5,7,10-11,17H,6,8-9,12H2,1-3H3,(H2,25,26,27,28). The minimum atomic E-state index is -0.492. The van der Waals surface area contributed by atoms with E-state index in [1.165, 1.54) is 5.57 Å². The molecule has 0 radical (unpaired) electrons. The molecule has 2 aromatic heterocycles. The van der Waals surface area contributed by atoms with Gasteiger partial charge in [0.05, 0.1) is 6.04 Å². The summed E-state index contributed by atoms with van der Waals surface area (Å²) in [5.74, 6) is 0.858. The van der Waals surface area contributed by atoms with Crippen LogP contribution in [0, 0.1) is 0 Å². The first-order valence-electron chi connectivity index (χ1n) is 10.2. The third-order valence-electron chi connectivity index (χ3n) is 5.16. The molecule has 0 bridgehead atoms. The van der Waals surface area contributed by atoms with E-state index in [-0.39, 0.29) is 12.1 Å². The summed E-state index contributed by atoms with van der Waals surface area (Å²) in [5, 5.41) is 7.56. The van der Waals surface area contributed by atoms with Crippen molar-refractivity contribution in [3.63, 3.8) is 0 Å². The zero-order chi connectivity index (χ0) is 22.2. The van der Waals surface area contributed by atoms with Crippen molar-refractivity contribution in [3.05, 3.63) is 51.9 Å². The third kappa shape index (κ3) is 5.22. The molecule has 31 heavy (non-hydrogen) atoms. The smallest absolute Gasteiger partial charge is 0.410 e. The maximum absolute atomic E-state index is 12.3. The molecule has 164 valence electrons. The number of hydrogen-bond acceptors (Lipinski definition) is 6. The fourth-order valence-corrected chi connectivity index (χ4v) is 4.23. The lowest BCUT2D eigenvalue weighted by molar-refractivity contribution is 0.0265. The Kier molecular flexibility index (Phi) is 5.99. The van der Waals surface area contributed by atoms with E-state index in [4.69, 9.17) is 27.9 Å². The summed E-state index contributed by atoms with van der Waals surface area (Å²) in [6, 6.07) is 5.55. The molecule has 2 aliphatic heterocycles. The second-order valence-corrected chi connectivity index (χ2v) is 9.44. The van der Waals surface area contributed by atoms with Crippen LogP contribution in [0.3, 0.4) is 0 Å². The van der Waals surface area contributed by atoms with E-state index < -0.39 is 5.60 Å². The highest BCUT2D eigenvalue weighted by atomic mass is 35.5. The number of ether oxygens (including phenoxy) is 1. The number of carbonyl (C=O) groups is 1. The van der Waals surface area contributed by atoms with Gasteiger partial charge in [0, 0.05) is 42.6 Å². The average Bonchev–Trinajstić information content (AvgIpc) is 3.11. The number of nitrogens with one attached hydrogen (secondary N) is 2. The van der Waals surface area contributed by atoms with Crippen LogP contribution < -0.4 is 10.6 Å². The lowest BCUT2D eigenvalue weighted by Gasteiger charge is -2.31. The highest BCUT2D eigenvalue weighted by molar-refractivity contribution is 6.32. The molecule has 0 saturated heterocycles. The molecular formula is C22H25Cl2N5O2. The van der Waals surface area contributed by atoms with Gasteiger partial charge in [-0.15, -0.1) is 0 Å². The highest BCUT2D eigenvalue weighted by Gasteiger charge is 2.30. The number of halogens is 2. The topological polar surface area (TPSA) is 79.4 Å². The summed E-state index contributed by atoms with van der Waals surface area (Å²) in [4.78, 5) is 22.5. The normalized spacial score (nSPS) is 18.2. The molecule has 0 aromatic carbocycles. The van der Waals surface area contributed by atoms with Crippen molar-refractivity contribution in [2.75, 3.05) is 23.7 Å². The van der Waals surface area contributed by atoms with Gasteiger partial charge < -0.3 is 20.3 Å². The van der Waals surface area contributed by atoms with Gasteiger partial charge in [0.1, 0.15) is 21.7 Å². The molecule has 2 aliphatic rings. The Labute approximate surface area is 191 Å². The van der Waals surface area contributed by atoms with E-state index in [0.717, 1.165) is 35.6 Å². The minimum Gasteiger partial charge on any atom is -0.444 e. The third-order valence-corrected chi connectivity index (χ3v) is 5.55. The van der Waals surface area contributed by atoms with Crippen molar-refractivity contribution in [1.82, 2.24) is 14.9 Å². The van der Waals surface area contributed by atoms with Crippen LogP contribution in [0.25, 0.3) is 0 Å². The lowest BCUT2D eigenvalue weighted by Crippen LogP contribution is -2.40. The maximum Gasteiger partial charge on any atom is 0.410 e. The van der Waals surface area contributed by atoms with Crippen LogP contribution in [0.1, 0.15) is 32.8 Å². The van der Waals surface area contributed by atoms with Crippen LogP contribution in [0.4, 0.5) is 22.0 Å². The summed E-state index contributed by atoms with van der Waals surface area (Å²) in [7, 11) is 0. The van der Waals surface area contributed by atoms with Gasteiger partial charge in [0.2, 0.25) is 0 Å². The predicted molar refractivity (Wildman–Crippen MR) is 123 cm³/mol. The fourth-order valence-electron chi connectivity index (χ4n) is 3.77. The van der Waals surface area contributed by atoms with E-state index in [0.29, 0.717) is 23.4 Å². The number of aromatic nitrogens is 2. The van der Waals surface area contributed by atoms with Gasteiger partial charge >= 0.3 is 6.09 Å². The average molecular weight is 462 g/mol. The number of amides is 1. The number of pyridine rings is 2. The van der Waals surface area contributed by atoms with Crippen LogP contribution >= 0.6 is 23.2 Å². The Morgan fingerprint density at radius 2 is 2.03 bits per heavy atom. The zero-order valence-electron chi connectivity index (χ0n) is 17.7. The molecule has 4 heterocycles. The zero-order valence-corrected chi connectivity index (χ0v) is 19.2. The maximum atomic E-state index is 12.3. The molecule has 0 fully saturated rings. The van der Waals surface area contributed by atoms with Crippen molar-refractivity contribution in [1.29, 1.82) is 0 Å². The fraction of sp³-hybridized carbons (Fsp3) is 0.409. The van der Waals surface area contributed by atoms with Crippen molar-refractivity contribution in [3.8, 4) is 0 Å². The molecule has 1 atom stereocenters. The van der Waals surface area contributed by atoms with Crippen LogP contribution in [0.2, 0.25) is 10.3 Å². The SMILES string of the molecule is CC(C)(C)OC(=O)N1CC=C(C2Cc3c(Nc4cc(Cl)nc(Cl)c4)ccnc3N2)CC1. The van der Waals surface area contributed by atoms with E-state index in [9.17, 15) is 4.79 Å². The van der Waals surface area contributed by atoms with E-state index in [1.807, 2.05) is 26.8 Å². The number of fused-ring (bicyclic) bond motifs is 1. The molecule has 1 unspecified atom stereocenters. The van der Waals surface area contributed by atoms with Crippen LogP contribution in [-0.4, -0.2) is 45.7 Å². The van der Waals surface area contributed by atoms with Gasteiger partial charge in [0.25, 0.3) is 0 Å². The summed E-state index contributed by atoms with van der Waals surface area (Å²) in [6.07, 6.45) is 5.21. The molecule has 0 aliphatic carbocycles. The largest absolute Gasteiger partial charge is 0.444 e. The molecule has 2 N–H and O–H groups in total. The highest BCUT2D eigenvalue weighted by Crippen LogP contribution is 2.36. The Bertz CT molecular complexity index is 1010. The Morgan fingerprint density at radius 1 is 1.29 bits per heavy atom. The van der Waals surface area contributed by atoms with Crippen LogP contribution in [0.15, 0.2) is 36.0 Å². The number of carbonyl (C=O) groups excluding carboxylic acids is 1. The van der Waals surface area contributed by atoms with Gasteiger partial charge in [-0.25, -0.2) is 14.8 Å². The molecule has 0 spiro atoms. The molecule has 0 saturated carbocycles. The molecule has 2 aromatic rings. The number of hydrogen-bond donors (Lipinski definition) is 2. The molecule has 1 amide bonds. The number of nitrogens with zero attached hydrogens (tertiary/aromatic N) is 3. The quantitative estimate of drug-likeness (QED) is 0.468. The molecule has 4 rings (SSSR count). The summed E-state index contributed by atoms with van der Waals surface area (Å²) in [5.41, 5.74) is 3.61. The van der Waals surface area contributed by atoms with Crippen molar-refractivity contribution in [2.45, 2.75) is 45.3 Å². The molecular weight excluding hydrogens is 437 g/mol. The first-order valence-corrected chi connectivity index (χ1v) is 10.9. The number of anilines is 3. The van der Waals surface area contributed by atoms with Crippen molar-refractivity contribution in [2.24, 2.45) is 0 Å². The summed E-state index contributed by atoms with van der Waals surface area (Å²) >= 11 is 12.0. The Morgan fingerprint density at radius 3 is 2.68 bits per heavy atom. The Balaban J connectivity index is 1.45. The summed E-state index contributed by atoms with van der Waals surface area (Å²) in [6.45, 7) is 6.82. The van der Waals surface area contributed by atoms with Gasteiger partial charge in [-0.2, -0.15) is 0 Å². The first-order chi connectivity index (χ1) is 14.7. The second kappa shape index (κ2) is 8.55. The van der Waals surface area contributed by atoms with Gasteiger partial charge in [-0.3, -0.25) is 0 Å². The predicted octanol–water partition coefficient (Wildman–Crippen LogP) is 5.43. The van der Waals surface area contributed by atoms with E-state index in [1.54, 1.807) is 23.2 Å². The van der Waals surface area contributed by atoms with Gasteiger partial charge in [-0.05, 0) is 51.0 Å². The van der Waals surface area contributed by atoms with E-state index in [2.05, 4.69) is 26.7 Å². The molecule has 9 heteroatoms. The second-order valence-electron chi connectivity index (χ2n) is 8.67. The summed E-state index contributed by atoms with van der Waals surface area (Å²) < 4.78 is 5.48. The van der Waals surface area contributed by atoms with Crippen molar-refractivity contribution >= 4 is 46.5 Å². The van der Waals surface area contributed by atoms with Crippen LogP contribution in [-0.2, 0) is 11.2 Å².